The van der Waals surface area contributed by atoms with Gasteiger partial charge in [-0.1, -0.05) is 12.1 Å². The van der Waals surface area contributed by atoms with Gasteiger partial charge in [0.15, 0.2) is 0 Å². The van der Waals surface area contributed by atoms with Crippen LogP contribution in [0.4, 0.5) is 0 Å². The van der Waals surface area contributed by atoms with Crippen molar-refractivity contribution < 1.29 is 9.59 Å². The lowest BCUT2D eigenvalue weighted by Gasteiger charge is -2.37. The highest BCUT2D eigenvalue weighted by molar-refractivity contribution is 7.09. The van der Waals surface area contributed by atoms with Crippen LogP contribution < -0.4 is 0 Å². The monoisotopic (exact) mass is 370 g/mol. The van der Waals surface area contributed by atoms with E-state index in [1.54, 1.807) is 6.20 Å². The average Bonchev–Trinajstić information content (AvgIpc) is 3.15. The van der Waals surface area contributed by atoms with Gasteiger partial charge in [0.05, 0.1) is 11.4 Å². The van der Waals surface area contributed by atoms with Gasteiger partial charge >= 0.3 is 0 Å². The molecule has 0 bridgehead atoms. The Balaban J connectivity index is 1.35. The minimum Gasteiger partial charge on any atom is -0.341 e. The number of likely N-dealkylation sites (tertiary alicyclic amines) is 1. The summed E-state index contributed by atoms with van der Waals surface area (Å²) in [4.78, 5) is 31.9. The van der Waals surface area contributed by atoms with Crippen molar-refractivity contribution in [1.29, 1.82) is 0 Å². The van der Waals surface area contributed by atoms with Gasteiger partial charge in [0.1, 0.15) is 0 Å². The minimum atomic E-state index is 0.0603. The summed E-state index contributed by atoms with van der Waals surface area (Å²) in [5.74, 6) is 0.276. The van der Waals surface area contributed by atoms with Crippen molar-refractivity contribution in [2.24, 2.45) is 0 Å². The maximum atomic E-state index is 12.8. The third-order valence-corrected chi connectivity index (χ3v) is 5.85. The second-order valence-electron chi connectivity index (χ2n) is 6.76. The molecule has 1 aromatic carbocycles. The predicted molar refractivity (Wildman–Crippen MR) is 101 cm³/mol. The Morgan fingerprint density at radius 2 is 1.81 bits per heavy atom. The summed E-state index contributed by atoms with van der Waals surface area (Å²) in [7, 11) is 0. The molecule has 2 fully saturated rings. The summed E-state index contributed by atoms with van der Waals surface area (Å²) in [5.41, 5.74) is 1.73. The molecule has 0 radical (unpaired) electrons. The smallest absolute Gasteiger partial charge is 0.253 e. The van der Waals surface area contributed by atoms with Crippen LogP contribution in [0.1, 0.15) is 16.8 Å². The molecule has 136 valence electrons. The SMILES string of the molecule is O=C(CN1CCN(C(=O)c2cccc(-c3ccns3)c2)CC1)N1CCC1. The maximum absolute atomic E-state index is 12.8. The van der Waals surface area contributed by atoms with E-state index in [0.717, 1.165) is 43.0 Å². The molecule has 2 aromatic rings. The summed E-state index contributed by atoms with van der Waals surface area (Å²) >= 11 is 1.43. The number of piperazine rings is 1. The predicted octanol–water partition coefficient (Wildman–Crippen LogP) is 1.80. The molecule has 2 aliphatic heterocycles. The highest BCUT2D eigenvalue weighted by Gasteiger charge is 2.26. The minimum absolute atomic E-state index is 0.0603. The Morgan fingerprint density at radius 1 is 1.00 bits per heavy atom. The zero-order valence-corrected chi connectivity index (χ0v) is 15.5. The standard InChI is InChI=1S/C19H22N4O2S/c24-18(22-7-2-8-22)14-21-9-11-23(12-10-21)19(25)16-4-1-3-15(13-16)17-5-6-20-26-17/h1,3-6,13H,2,7-12,14H2. The number of amides is 2. The number of hydrogen-bond acceptors (Lipinski definition) is 5. The van der Waals surface area contributed by atoms with Crippen LogP contribution in [0.15, 0.2) is 36.5 Å². The van der Waals surface area contributed by atoms with Gasteiger partial charge in [-0.05, 0) is 41.7 Å². The van der Waals surface area contributed by atoms with Gasteiger partial charge in [0.25, 0.3) is 5.91 Å². The van der Waals surface area contributed by atoms with Gasteiger partial charge in [-0.15, -0.1) is 0 Å². The molecular formula is C19H22N4O2S. The number of benzene rings is 1. The van der Waals surface area contributed by atoms with Crippen molar-refractivity contribution in [1.82, 2.24) is 19.1 Å². The van der Waals surface area contributed by atoms with E-state index in [4.69, 9.17) is 0 Å². The fourth-order valence-electron chi connectivity index (χ4n) is 3.32. The van der Waals surface area contributed by atoms with E-state index in [-0.39, 0.29) is 11.8 Å². The molecule has 0 atom stereocenters. The van der Waals surface area contributed by atoms with Crippen molar-refractivity contribution in [3.8, 4) is 10.4 Å². The molecule has 0 aliphatic carbocycles. The van der Waals surface area contributed by atoms with E-state index in [2.05, 4.69) is 9.27 Å². The fourth-order valence-corrected chi connectivity index (χ4v) is 3.91. The second kappa shape index (κ2) is 7.55. The molecule has 0 unspecified atom stereocenters. The zero-order chi connectivity index (χ0) is 17.9. The van der Waals surface area contributed by atoms with Crippen LogP contribution >= 0.6 is 11.5 Å². The Kier molecular flexibility index (Phi) is 4.99. The first-order valence-electron chi connectivity index (χ1n) is 9.01. The second-order valence-corrected chi connectivity index (χ2v) is 7.59. The van der Waals surface area contributed by atoms with Gasteiger partial charge in [-0.25, -0.2) is 4.37 Å². The molecule has 2 saturated heterocycles. The van der Waals surface area contributed by atoms with E-state index in [1.807, 2.05) is 40.1 Å². The van der Waals surface area contributed by atoms with Gasteiger partial charge in [-0.2, -0.15) is 0 Å². The Hall–Kier alpha value is -2.25. The summed E-state index contributed by atoms with van der Waals surface area (Å²) in [6, 6.07) is 9.69. The molecule has 2 amide bonds. The van der Waals surface area contributed by atoms with Crippen LogP contribution in [-0.4, -0.2) is 76.7 Å². The van der Waals surface area contributed by atoms with Crippen molar-refractivity contribution in [3.05, 3.63) is 42.1 Å². The third-order valence-electron chi connectivity index (χ3n) is 5.06. The lowest BCUT2D eigenvalue weighted by atomic mass is 10.1. The summed E-state index contributed by atoms with van der Waals surface area (Å²) < 4.78 is 4.13. The Labute approximate surface area is 157 Å². The number of carbonyl (C=O) groups excluding carboxylic acids is 2. The molecule has 2 aliphatic rings. The van der Waals surface area contributed by atoms with Gasteiger partial charge in [-0.3, -0.25) is 14.5 Å². The van der Waals surface area contributed by atoms with E-state index >= 15 is 0 Å². The van der Waals surface area contributed by atoms with Crippen molar-refractivity contribution in [2.45, 2.75) is 6.42 Å². The van der Waals surface area contributed by atoms with E-state index in [0.29, 0.717) is 25.2 Å². The van der Waals surface area contributed by atoms with Crippen LogP contribution in [0.2, 0.25) is 0 Å². The van der Waals surface area contributed by atoms with Gasteiger partial charge < -0.3 is 9.80 Å². The Morgan fingerprint density at radius 3 is 2.46 bits per heavy atom. The average molecular weight is 370 g/mol. The Bertz CT molecular complexity index is 781. The zero-order valence-electron chi connectivity index (χ0n) is 14.6. The number of aromatic nitrogens is 1. The normalized spacial score (nSPS) is 17.8. The molecule has 1 aromatic heterocycles. The van der Waals surface area contributed by atoms with Crippen molar-refractivity contribution in [2.75, 3.05) is 45.8 Å². The molecule has 26 heavy (non-hydrogen) atoms. The molecule has 7 heteroatoms. The first-order valence-corrected chi connectivity index (χ1v) is 9.78. The van der Waals surface area contributed by atoms with Gasteiger partial charge in [0.2, 0.25) is 5.91 Å². The van der Waals surface area contributed by atoms with Crippen LogP contribution in [0.5, 0.6) is 0 Å². The summed E-state index contributed by atoms with van der Waals surface area (Å²) in [5, 5.41) is 0. The van der Waals surface area contributed by atoms with E-state index in [1.165, 1.54) is 11.5 Å². The maximum Gasteiger partial charge on any atom is 0.253 e. The number of rotatable bonds is 4. The van der Waals surface area contributed by atoms with Crippen LogP contribution in [-0.2, 0) is 4.79 Å². The number of hydrogen-bond donors (Lipinski definition) is 0. The largest absolute Gasteiger partial charge is 0.341 e. The molecule has 6 nitrogen and oxygen atoms in total. The highest BCUT2D eigenvalue weighted by atomic mass is 32.1. The molecule has 3 heterocycles. The van der Waals surface area contributed by atoms with E-state index in [9.17, 15) is 9.59 Å². The quantitative estimate of drug-likeness (QED) is 0.824. The molecule has 0 N–H and O–H groups in total. The summed E-state index contributed by atoms with van der Waals surface area (Å²) in [6.07, 6.45) is 2.89. The molecule has 4 rings (SSSR count). The first-order chi connectivity index (χ1) is 12.7. The highest BCUT2D eigenvalue weighted by Crippen LogP contribution is 2.24. The topological polar surface area (TPSA) is 56.8 Å². The van der Waals surface area contributed by atoms with E-state index < -0.39 is 0 Å². The van der Waals surface area contributed by atoms with Crippen LogP contribution in [0.3, 0.4) is 0 Å². The number of nitrogens with zero attached hydrogens (tertiary/aromatic N) is 4. The fraction of sp³-hybridized carbons (Fsp3) is 0.421. The van der Waals surface area contributed by atoms with Crippen molar-refractivity contribution in [3.63, 3.8) is 0 Å². The molecule has 0 spiro atoms. The molecule has 0 saturated carbocycles. The molecular weight excluding hydrogens is 348 g/mol. The lowest BCUT2D eigenvalue weighted by Crippen LogP contribution is -2.53. The van der Waals surface area contributed by atoms with Gasteiger partial charge in [0, 0.05) is 51.0 Å². The lowest BCUT2D eigenvalue weighted by molar-refractivity contribution is -0.136. The first kappa shape index (κ1) is 17.2. The van der Waals surface area contributed by atoms with Crippen molar-refractivity contribution >= 4 is 23.3 Å². The third kappa shape index (κ3) is 3.64. The van der Waals surface area contributed by atoms with Crippen LogP contribution in [0.25, 0.3) is 10.4 Å². The summed E-state index contributed by atoms with van der Waals surface area (Å²) in [6.45, 7) is 5.09. The number of carbonyl (C=O) groups is 2. The van der Waals surface area contributed by atoms with Crippen LogP contribution in [0, 0.1) is 0 Å².